The van der Waals surface area contributed by atoms with Crippen LogP contribution in [0.5, 0.6) is 0 Å². The van der Waals surface area contributed by atoms with Crippen LogP contribution in [-0.2, 0) is 11.3 Å². The van der Waals surface area contributed by atoms with E-state index in [0.717, 1.165) is 27.2 Å². The molecule has 5 nitrogen and oxygen atoms in total. The van der Waals surface area contributed by atoms with E-state index in [0.29, 0.717) is 0 Å². The third-order valence-corrected chi connectivity index (χ3v) is 5.21. The lowest BCUT2D eigenvalue weighted by molar-refractivity contribution is -0.122. The third-order valence-electron chi connectivity index (χ3n) is 4.31. The minimum atomic E-state index is -0.0783. The molecule has 4 rings (SSSR count). The lowest BCUT2D eigenvalue weighted by Crippen LogP contribution is -2.30. The van der Waals surface area contributed by atoms with E-state index in [1.807, 2.05) is 47.2 Å². The number of aromatic nitrogens is 3. The van der Waals surface area contributed by atoms with E-state index in [9.17, 15) is 4.79 Å². The van der Waals surface area contributed by atoms with Crippen molar-refractivity contribution in [1.29, 1.82) is 0 Å². The van der Waals surface area contributed by atoms with Crippen LogP contribution >= 0.6 is 11.3 Å². The predicted molar refractivity (Wildman–Crippen MR) is 104 cm³/mol. The molecule has 0 aliphatic carbocycles. The van der Waals surface area contributed by atoms with Crippen LogP contribution in [0.15, 0.2) is 66.4 Å². The number of nitrogens with one attached hydrogen (secondary N) is 1. The number of thiophene rings is 1. The van der Waals surface area contributed by atoms with Crippen molar-refractivity contribution in [1.82, 2.24) is 19.9 Å². The van der Waals surface area contributed by atoms with Crippen LogP contribution in [0.4, 0.5) is 0 Å². The lowest BCUT2D eigenvalue weighted by atomic mass is 10.1. The molecule has 0 aromatic carbocycles. The number of pyridine rings is 2. The highest BCUT2D eigenvalue weighted by molar-refractivity contribution is 7.13. The molecule has 4 heterocycles. The van der Waals surface area contributed by atoms with Crippen LogP contribution in [-0.4, -0.2) is 20.4 Å². The standard InChI is InChI=1S/C20H18N4OS/c1-14(15-6-9-21-10-7-15)23-19(25)13-24-17(18-5-3-11-26-18)12-16-4-2-8-22-20(16)24/h2-12,14H,13H2,1H3,(H,23,25). The second-order valence-corrected chi connectivity index (χ2v) is 7.03. The molecule has 0 bridgehead atoms. The highest BCUT2D eigenvalue weighted by atomic mass is 32.1. The normalized spacial score (nSPS) is 12.2. The van der Waals surface area contributed by atoms with Gasteiger partial charge in [-0.1, -0.05) is 6.07 Å². The smallest absolute Gasteiger partial charge is 0.240 e. The minimum Gasteiger partial charge on any atom is -0.348 e. The Balaban J connectivity index is 1.62. The monoisotopic (exact) mass is 362 g/mol. The molecule has 0 radical (unpaired) electrons. The van der Waals surface area contributed by atoms with Crippen molar-refractivity contribution in [2.24, 2.45) is 0 Å². The summed E-state index contributed by atoms with van der Waals surface area (Å²) in [4.78, 5) is 22.3. The first-order valence-electron chi connectivity index (χ1n) is 8.40. The molecule has 0 saturated heterocycles. The topological polar surface area (TPSA) is 59.8 Å². The van der Waals surface area contributed by atoms with Gasteiger partial charge < -0.3 is 9.88 Å². The summed E-state index contributed by atoms with van der Waals surface area (Å²) in [7, 11) is 0. The first-order chi connectivity index (χ1) is 12.7. The zero-order valence-corrected chi connectivity index (χ0v) is 15.1. The molecule has 0 saturated carbocycles. The van der Waals surface area contributed by atoms with Gasteiger partial charge in [0, 0.05) is 24.0 Å². The molecule has 1 amide bonds. The van der Waals surface area contributed by atoms with Crippen molar-refractivity contribution in [3.63, 3.8) is 0 Å². The Morgan fingerprint density at radius 2 is 2.04 bits per heavy atom. The average Bonchev–Trinajstić information content (AvgIpc) is 3.31. The van der Waals surface area contributed by atoms with Crippen molar-refractivity contribution in [2.45, 2.75) is 19.5 Å². The summed E-state index contributed by atoms with van der Waals surface area (Å²) in [5, 5.41) is 6.13. The van der Waals surface area contributed by atoms with Crippen molar-refractivity contribution in [2.75, 3.05) is 0 Å². The second-order valence-electron chi connectivity index (χ2n) is 6.08. The summed E-state index contributed by atoms with van der Waals surface area (Å²) in [6.45, 7) is 2.20. The fourth-order valence-corrected chi connectivity index (χ4v) is 3.79. The Labute approximate surface area is 155 Å². The zero-order chi connectivity index (χ0) is 17.9. The molecule has 1 atom stereocenters. The summed E-state index contributed by atoms with van der Waals surface area (Å²) < 4.78 is 1.98. The van der Waals surface area contributed by atoms with Crippen molar-refractivity contribution in [3.05, 3.63) is 72.0 Å². The van der Waals surface area contributed by atoms with Gasteiger partial charge in [-0.15, -0.1) is 11.3 Å². The zero-order valence-electron chi connectivity index (χ0n) is 14.3. The minimum absolute atomic E-state index is 0.0460. The van der Waals surface area contributed by atoms with Crippen molar-refractivity contribution < 1.29 is 4.79 Å². The molecule has 1 unspecified atom stereocenters. The molecule has 4 aromatic rings. The first-order valence-corrected chi connectivity index (χ1v) is 9.28. The molecule has 0 fully saturated rings. The molecule has 1 N–H and O–H groups in total. The quantitative estimate of drug-likeness (QED) is 0.583. The maximum Gasteiger partial charge on any atom is 0.240 e. The van der Waals surface area contributed by atoms with Gasteiger partial charge in [0.2, 0.25) is 5.91 Å². The average molecular weight is 362 g/mol. The van der Waals surface area contributed by atoms with Gasteiger partial charge in [-0.05, 0) is 54.3 Å². The van der Waals surface area contributed by atoms with E-state index < -0.39 is 0 Å². The van der Waals surface area contributed by atoms with E-state index in [4.69, 9.17) is 0 Å². The summed E-state index contributed by atoms with van der Waals surface area (Å²) in [6.07, 6.45) is 5.22. The summed E-state index contributed by atoms with van der Waals surface area (Å²) in [5.41, 5.74) is 2.87. The molecule has 4 aromatic heterocycles. The number of hydrogen-bond donors (Lipinski definition) is 1. The fraction of sp³-hybridized carbons (Fsp3) is 0.150. The van der Waals surface area contributed by atoms with Gasteiger partial charge in [-0.3, -0.25) is 9.78 Å². The van der Waals surface area contributed by atoms with E-state index in [1.54, 1.807) is 29.9 Å². The van der Waals surface area contributed by atoms with Crippen LogP contribution in [0.3, 0.4) is 0 Å². The molecule has 130 valence electrons. The number of carbonyl (C=O) groups excluding carboxylic acids is 1. The van der Waals surface area contributed by atoms with Crippen molar-refractivity contribution >= 4 is 28.3 Å². The van der Waals surface area contributed by atoms with Gasteiger partial charge in [-0.2, -0.15) is 0 Å². The van der Waals surface area contributed by atoms with E-state index in [2.05, 4.69) is 27.4 Å². The summed E-state index contributed by atoms with van der Waals surface area (Å²) in [6, 6.07) is 13.8. The SMILES string of the molecule is CC(NC(=O)Cn1c(-c2cccs2)cc2cccnc21)c1ccncc1. The molecule has 0 aliphatic heterocycles. The number of amides is 1. The number of nitrogens with zero attached hydrogens (tertiary/aromatic N) is 3. The maximum absolute atomic E-state index is 12.7. The Hall–Kier alpha value is -2.99. The molecule has 26 heavy (non-hydrogen) atoms. The summed E-state index contributed by atoms with van der Waals surface area (Å²) in [5.74, 6) is -0.0460. The van der Waals surface area contributed by atoms with Gasteiger partial charge in [0.1, 0.15) is 12.2 Å². The third kappa shape index (κ3) is 3.23. The summed E-state index contributed by atoms with van der Waals surface area (Å²) >= 11 is 1.66. The molecular weight excluding hydrogens is 344 g/mol. The first kappa shape index (κ1) is 16.5. The van der Waals surface area contributed by atoms with E-state index in [1.165, 1.54) is 0 Å². The van der Waals surface area contributed by atoms with Crippen LogP contribution in [0.2, 0.25) is 0 Å². The van der Waals surface area contributed by atoms with Crippen LogP contribution in [0.1, 0.15) is 18.5 Å². The predicted octanol–water partition coefficient (Wildman–Crippen LogP) is 4.04. The van der Waals surface area contributed by atoms with Gasteiger partial charge in [-0.25, -0.2) is 4.98 Å². The molecule has 0 aliphatic rings. The molecule has 6 heteroatoms. The van der Waals surface area contributed by atoms with Crippen LogP contribution < -0.4 is 5.32 Å². The van der Waals surface area contributed by atoms with Crippen molar-refractivity contribution in [3.8, 4) is 10.6 Å². The van der Waals surface area contributed by atoms with Gasteiger partial charge in [0.15, 0.2) is 0 Å². The highest BCUT2D eigenvalue weighted by Crippen LogP contribution is 2.30. The number of hydrogen-bond acceptors (Lipinski definition) is 4. The number of fused-ring (bicyclic) bond motifs is 1. The molecule has 0 spiro atoms. The maximum atomic E-state index is 12.7. The Morgan fingerprint density at radius 3 is 2.81 bits per heavy atom. The number of carbonyl (C=O) groups is 1. The fourth-order valence-electron chi connectivity index (χ4n) is 3.04. The lowest BCUT2D eigenvalue weighted by Gasteiger charge is -2.15. The number of rotatable bonds is 5. The highest BCUT2D eigenvalue weighted by Gasteiger charge is 2.16. The Bertz CT molecular complexity index is 1020. The van der Waals surface area contributed by atoms with Crippen LogP contribution in [0, 0.1) is 0 Å². The van der Waals surface area contributed by atoms with Crippen LogP contribution in [0.25, 0.3) is 21.6 Å². The van der Waals surface area contributed by atoms with Gasteiger partial charge in [0.05, 0.1) is 16.6 Å². The van der Waals surface area contributed by atoms with Gasteiger partial charge >= 0.3 is 0 Å². The molecular formula is C20H18N4OS. The second kappa shape index (κ2) is 7.09. The van der Waals surface area contributed by atoms with E-state index >= 15 is 0 Å². The van der Waals surface area contributed by atoms with E-state index in [-0.39, 0.29) is 18.5 Å². The Morgan fingerprint density at radius 1 is 1.19 bits per heavy atom. The Kier molecular flexibility index (Phi) is 4.50. The largest absolute Gasteiger partial charge is 0.348 e. The van der Waals surface area contributed by atoms with Gasteiger partial charge in [0.25, 0.3) is 0 Å².